The highest BCUT2D eigenvalue weighted by molar-refractivity contribution is 4.93. The Hall–Kier alpha value is -1.28. The van der Waals surface area contributed by atoms with Crippen molar-refractivity contribution in [1.29, 1.82) is 0 Å². The fraction of sp³-hybridized carbons (Fsp3) is 0.733. The van der Waals surface area contributed by atoms with E-state index in [0.29, 0.717) is 26.2 Å². The molecule has 2 atom stereocenters. The van der Waals surface area contributed by atoms with Crippen LogP contribution in [0.3, 0.4) is 0 Å². The Bertz CT molecular complexity index is 501. The predicted molar refractivity (Wildman–Crippen MR) is 157 cm³/mol. The molecule has 0 aliphatic rings. The quantitative estimate of drug-likeness (QED) is 0.0722. The summed E-state index contributed by atoms with van der Waals surface area (Å²) in [5, 5.41) is 25.1. The molecular formula is C30H58N4O2. The van der Waals surface area contributed by atoms with Crippen molar-refractivity contribution < 1.29 is 10.2 Å². The number of aliphatic hydroxyl groups is 2. The number of rotatable bonds is 27. The zero-order valence-electron chi connectivity index (χ0n) is 23.0. The molecule has 0 aromatic carbocycles. The van der Waals surface area contributed by atoms with Gasteiger partial charge in [-0.3, -0.25) is 0 Å². The van der Waals surface area contributed by atoms with Crippen molar-refractivity contribution in [1.82, 2.24) is 10.6 Å². The topological polar surface area (TPSA) is 117 Å². The van der Waals surface area contributed by atoms with Crippen LogP contribution in [-0.2, 0) is 0 Å². The standard InChI is InChI=1S/C30H58N4O2/c31-25-29(35)27-33-23-21-19-17-15-13-11-9-7-5-3-1-2-4-6-8-10-12-14-16-18-20-22-24-34-28-30(36)26-32/h11-14,17-20,29-30,33-36H,1-10,15-16,21-28,31-32H2/b13-11-,14-12-,19-17-,20-18-. The lowest BCUT2D eigenvalue weighted by Crippen LogP contribution is -2.32. The summed E-state index contributed by atoms with van der Waals surface area (Å²) in [5.41, 5.74) is 10.7. The largest absolute Gasteiger partial charge is 0.390 e. The summed E-state index contributed by atoms with van der Waals surface area (Å²) in [5.74, 6) is 0. The van der Waals surface area contributed by atoms with Gasteiger partial charge in [-0.05, 0) is 64.5 Å². The number of hydrogen-bond donors (Lipinski definition) is 6. The van der Waals surface area contributed by atoms with Crippen molar-refractivity contribution in [3.8, 4) is 0 Å². The minimum Gasteiger partial charge on any atom is -0.390 e. The van der Waals surface area contributed by atoms with Crippen molar-refractivity contribution >= 4 is 0 Å². The third-order valence-corrected chi connectivity index (χ3v) is 5.98. The van der Waals surface area contributed by atoms with E-state index in [1.165, 1.54) is 64.2 Å². The van der Waals surface area contributed by atoms with Crippen molar-refractivity contribution in [2.45, 2.75) is 102 Å². The number of nitrogens with two attached hydrogens (primary N) is 2. The van der Waals surface area contributed by atoms with Crippen LogP contribution in [0, 0.1) is 0 Å². The Morgan fingerprint density at radius 3 is 1.17 bits per heavy atom. The molecule has 0 aromatic rings. The zero-order valence-corrected chi connectivity index (χ0v) is 23.0. The van der Waals surface area contributed by atoms with Crippen LogP contribution in [0.15, 0.2) is 48.6 Å². The van der Waals surface area contributed by atoms with E-state index < -0.39 is 12.2 Å². The Labute approximate surface area is 222 Å². The van der Waals surface area contributed by atoms with E-state index in [0.717, 1.165) is 38.8 Å². The van der Waals surface area contributed by atoms with E-state index in [2.05, 4.69) is 59.2 Å². The number of nitrogens with one attached hydrogen (secondary N) is 2. The molecule has 0 amide bonds. The summed E-state index contributed by atoms with van der Waals surface area (Å²) < 4.78 is 0. The van der Waals surface area contributed by atoms with Crippen LogP contribution in [0.25, 0.3) is 0 Å². The molecule has 0 aliphatic heterocycles. The van der Waals surface area contributed by atoms with Crippen molar-refractivity contribution in [2.24, 2.45) is 11.5 Å². The number of hydrogen-bond acceptors (Lipinski definition) is 6. The number of unbranched alkanes of at least 4 members (excludes halogenated alkanes) is 9. The van der Waals surface area contributed by atoms with Crippen LogP contribution in [-0.4, -0.2) is 61.7 Å². The average molecular weight is 507 g/mol. The number of aliphatic hydroxyl groups excluding tert-OH is 2. The predicted octanol–water partition coefficient (Wildman–Crippen LogP) is 4.49. The molecule has 2 unspecified atom stereocenters. The van der Waals surface area contributed by atoms with Gasteiger partial charge in [-0.2, -0.15) is 0 Å². The Kier molecular flexibility index (Phi) is 28.9. The van der Waals surface area contributed by atoms with Crippen LogP contribution < -0.4 is 22.1 Å². The highest BCUT2D eigenvalue weighted by Crippen LogP contribution is 2.11. The monoisotopic (exact) mass is 506 g/mol. The second-order valence-electron chi connectivity index (χ2n) is 9.53. The van der Waals surface area contributed by atoms with Gasteiger partial charge < -0.3 is 32.3 Å². The summed E-state index contributed by atoms with van der Waals surface area (Å²) in [6, 6.07) is 0. The first-order chi connectivity index (χ1) is 17.7. The zero-order chi connectivity index (χ0) is 26.4. The van der Waals surface area contributed by atoms with Crippen LogP contribution in [0.2, 0.25) is 0 Å². The van der Waals surface area contributed by atoms with Gasteiger partial charge in [-0.25, -0.2) is 0 Å². The van der Waals surface area contributed by atoms with E-state index in [1.54, 1.807) is 0 Å². The van der Waals surface area contributed by atoms with Crippen LogP contribution in [0.1, 0.15) is 89.9 Å². The van der Waals surface area contributed by atoms with Gasteiger partial charge in [0.25, 0.3) is 0 Å². The molecule has 8 N–H and O–H groups in total. The van der Waals surface area contributed by atoms with Gasteiger partial charge >= 0.3 is 0 Å². The first-order valence-corrected chi connectivity index (χ1v) is 14.5. The first kappa shape index (κ1) is 34.7. The molecule has 0 aromatic heterocycles. The molecule has 210 valence electrons. The van der Waals surface area contributed by atoms with Gasteiger partial charge in [0.15, 0.2) is 0 Å². The fourth-order valence-corrected chi connectivity index (χ4v) is 3.67. The molecule has 0 bridgehead atoms. The van der Waals surface area contributed by atoms with Gasteiger partial charge in [-0.1, -0.05) is 87.1 Å². The Morgan fingerprint density at radius 2 is 0.806 bits per heavy atom. The van der Waals surface area contributed by atoms with Gasteiger partial charge in [0.1, 0.15) is 0 Å². The maximum absolute atomic E-state index is 9.34. The molecule has 0 heterocycles. The van der Waals surface area contributed by atoms with Crippen molar-refractivity contribution in [3.05, 3.63) is 48.6 Å². The van der Waals surface area contributed by atoms with Gasteiger partial charge in [0.2, 0.25) is 0 Å². The molecule has 0 saturated heterocycles. The Balaban J connectivity index is 3.27. The van der Waals surface area contributed by atoms with Crippen LogP contribution >= 0.6 is 0 Å². The summed E-state index contributed by atoms with van der Waals surface area (Å²) >= 11 is 0. The summed E-state index contributed by atoms with van der Waals surface area (Å²) in [4.78, 5) is 0. The fourth-order valence-electron chi connectivity index (χ4n) is 3.67. The smallest absolute Gasteiger partial charge is 0.0786 e. The van der Waals surface area contributed by atoms with Crippen molar-refractivity contribution in [2.75, 3.05) is 39.3 Å². The summed E-state index contributed by atoms with van der Waals surface area (Å²) in [6.45, 7) is 3.55. The lowest BCUT2D eigenvalue weighted by atomic mass is 10.1. The van der Waals surface area contributed by atoms with E-state index in [9.17, 15) is 10.2 Å². The van der Waals surface area contributed by atoms with Gasteiger partial charge in [-0.15, -0.1) is 0 Å². The van der Waals surface area contributed by atoms with E-state index in [-0.39, 0.29) is 0 Å². The molecule has 0 rings (SSSR count). The van der Waals surface area contributed by atoms with Crippen molar-refractivity contribution in [3.63, 3.8) is 0 Å². The maximum Gasteiger partial charge on any atom is 0.0786 e. The number of allylic oxidation sites excluding steroid dienone is 6. The molecule has 0 spiro atoms. The Morgan fingerprint density at radius 1 is 0.472 bits per heavy atom. The lowest BCUT2D eigenvalue weighted by molar-refractivity contribution is 0.180. The summed E-state index contributed by atoms with van der Waals surface area (Å²) in [7, 11) is 0. The minimum atomic E-state index is -0.432. The second-order valence-corrected chi connectivity index (χ2v) is 9.53. The molecule has 0 aliphatic carbocycles. The average Bonchev–Trinajstić information content (AvgIpc) is 2.89. The molecule has 0 fully saturated rings. The second kappa shape index (κ2) is 29.9. The van der Waals surface area contributed by atoms with E-state index >= 15 is 0 Å². The van der Waals surface area contributed by atoms with Gasteiger partial charge in [0.05, 0.1) is 12.2 Å². The summed E-state index contributed by atoms with van der Waals surface area (Å²) in [6.07, 6.45) is 34.3. The van der Waals surface area contributed by atoms with E-state index in [1.807, 2.05) is 0 Å². The normalized spacial score (nSPS) is 14.2. The highest BCUT2D eigenvalue weighted by Gasteiger charge is 1.98. The third kappa shape index (κ3) is 29.0. The molecular weight excluding hydrogens is 448 g/mol. The molecule has 0 saturated carbocycles. The molecule has 6 nitrogen and oxygen atoms in total. The first-order valence-electron chi connectivity index (χ1n) is 14.5. The van der Waals surface area contributed by atoms with E-state index in [4.69, 9.17) is 11.5 Å². The van der Waals surface area contributed by atoms with Crippen LogP contribution in [0.5, 0.6) is 0 Å². The molecule has 36 heavy (non-hydrogen) atoms. The third-order valence-electron chi connectivity index (χ3n) is 5.98. The maximum atomic E-state index is 9.34. The highest BCUT2D eigenvalue weighted by atomic mass is 16.3. The van der Waals surface area contributed by atoms with Gasteiger partial charge in [0, 0.05) is 26.2 Å². The van der Waals surface area contributed by atoms with Crippen LogP contribution in [0.4, 0.5) is 0 Å². The minimum absolute atomic E-state index is 0.316. The molecule has 0 radical (unpaired) electrons. The SMILES string of the molecule is NCC(O)CNCC/C=C\C/C=C\CCCCCCCCCC/C=C\C/C=C\CCNCC(O)CN. The molecule has 6 heteroatoms. The lowest BCUT2D eigenvalue weighted by Gasteiger charge is -2.07.